The minimum Gasteiger partial charge on any atom is -0.465 e. The van der Waals surface area contributed by atoms with Gasteiger partial charge < -0.3 is 14.1 Å². The predicted molar refractivity (Wildman–Crippen MR) is 75.0 cm³/mol. The molecule has 22 heavy (non-hydrogen) atoms. The summed E-state index contributed by atoms with van der Waals surface area (Å²) in [6, 6.07) is 6.98. The molecule has 2 saturated heterocycles. The molecule has 114 valence electrons. The van der Waals surface area contributed by atoms with E-state index in [-0.39, 0.29) is 30.3 Å². The molecular weight excluding hydrogens is 288 g/mol. The van der Waals surface area contributed by atoms with E-state index in [1.807, 2.05) is 0 Å². The molecule has 0 bridgehead atoms. The summed E-state index contributed by atoms with van der Waals surface area (Å²) < 4.78 is 11.4. The highest BCUT2D eigenvalue weighted by Crippen LogP contribution is 2.30. The largest absolute Gasteiger partial charge is 0.465 e. The van der Waals surface area contributed by atoms with Crippen molar-refractivity contribution >= 4 is 23.0 Å². The number of fused-ring (bicyclic) bond motifs is 2. The maximum atomic E-state index is 12.4. The van der Waals surface area contributed by atoms with E-state index < -0.39 is 5.76 Å². The maximum absolute atomic E-state index is 12.4. The van der Waals surface area contributed by atoms with Crippen molar-refractivity contribution in [1.82, 2.24) is 9.47 Å². The third-order valence-corrected chi connectivity index (χ3v) is 4.40. The second kappa shape index (κ2) is 4.72. The van der Waals surface area contributed by atoms with Crippen LogP contribution in [0.2, 0.25) is 0 Å². The molecule has 7 heteroatoms. The first kappa shape index (κ1) is 13.1. The number of oxazole rings is 1. The van der Waals surface area contributed by atoms with Gasteiger partial charge in [0, 0.05) is 19.0 Å². The van der Waals surface area contributed by atoms with Crippen molar-refractivity contribution in [3.63, 3.8) is 0 Å². The van der Waals surface area contributed by atoms with Gasteiger partial charge in [0.2, 0.25) is 5.91 Å². The van der Waals surface area contributed by atoms with Crippen LogP contribution < -0.4 is 5.76 Å². The number of carbonyl (C=O) groups is 2. The Morgan fingerprint density at radius 2 is 2.05 bits per heavy atom. The molecule has 2 aliphatic heterocycles. The molecule has 1 aromatic heterocycles. The number of nitrogens with zero attached hydrogens (tertiary/aromatic N) is 2. The van der Waals surface area contributed by atoms with Crippen molar-refractivity contribution in [3.8, 4) is 0 Å². The van der Waals surface area contributed by atoms with E-state index in [4.69, 9.17) is 9.15 Å². The topological polar surface area (TPSA) is 81.8 Å². The first-order valence-corrected chi connectivity index (χ1v) is 7.16. The molecule has 1 aromatic carbocycles. The zero-order chi connectivity index (χ0) is 15.3. The van der Waals surface area contributed by atoms with Gasteiger partial charge in [0.05, 0.1) is 18.0 Å². The summed E-state index contributed by atoms with van der Waals surface area (Å²) >= 11 is 0. The van der Waals surface area contributed by atoms with Crippen LogP contribution in [0.15, 0.2) is 33.5 Å². The van der Waals surface area contributed by atoms with Gasteiger partial charge >= 0.3 is 11.7 Å². The standard InChI is InChI=1S/C15H14N2O5/c18-13(16-5-9-8-21-14(19)10(9)6-16)7-17-11-3-1-2-4-12(11)22-15(17)20/h1-4,9-10H,5-8H2/t9-,10-/m1/s1. The summed E-state index contributed by atoms with van der Waals surface area (Å²) in [5.74, 6) is -1.11. The molecule has 0 aliphatic carbocycles. The fourth-order valence-corrected chi connectivity index (χ4v) is 3.21. The monoisotopic (exact) mass is 302 g/mol. The lowest BCUT2D eigenvalue weighted by molar-refractivity contribution is -0.142. The normalized spacial score (nSPS) is 23.8. The van der Waals surface area contributed by atoms with Gasteiger partial charge in [-0.15, -0.1) is 0 Å². The zero-order valence-corrected chi connectivity index (χ0v) is 11.7. The Hall–Kier alpha value is -2.57. The number of rotatable bonds is 2. The smallest absolute Gasteiger partial charge is 0.420 e. The number of ether oxygens (including phenoxy) is 1. The second-order valence-electron chi connectivity index (χ2n) is 5.72. The highest BCUT2D eigenvalue weighted by molar-refractivity contribution is 5.82. The van der Waals surface area contributed by atoms with Crippen LogP contribution in [0.5, 0.6) is 0 Å². The first-order valence-electron chi connectivity index (χ1n) is 7.16. The number of hydrogen-bond donors (Lipinski definition) is 0. The molecule has 2 atom stereocenters. The number of cyclic esters (lactones) is 1. The maximum Gasteiger partial charge on any atom is 0.420 e. The van der Waals surface area contributed by atoms with Crippen LogP contribution in [-0.4, -0.2) is 41.0 Å². The summed E-state index contributed by atoms with van der Waals surface area (Å²) in [6.07, 6.45) is 0. The van der Waals surface area contributed by atoms with Gasteiger partial charge in [-0.05, 0) is 12.1 Å². The van der Waals surface area contributed by atoms with E-state index in [1.165, 1.54) is 4.57 Å². The number of benzene rings is 1. The number of aromatic nitrogens is 1. The van der Waals surface area contributed by atoms with Crippen LogP contribution >= 0.6 is 0 Å². The molecule has 1 amide bonds. The average molecular weight is 302 g/mol. The van der Waals surface area contributed by atoms with E-state index in [2.05, 4.69) is 0 Å². The van der Waals surface area contributed by atoms with Crippen molar-refractivity contribution in [2.75, 3.05) is 19.7 Å². The van der Waals surface area contributed by atoms with Crippen LogP contribution in [0, 0.1) is 11.8 Å². The van der Waals surface area contributed by atoms with E-state index in [0.29, 0.717) is 30.8 Å². The second-order valence-corrected chi connectivity index (χ2v) is 5.72. The van der Waals surface area contributed by atoms with Crippen molar-refractivity contribution in [1.29, 1.82) is 0 Å². The van der Waals surface area contributed by atoms with Gasteiger partial charge in [-0.25, -0.2) is 4.79 Å². The van der Waals surface area contributed by atoms with Crippen molar-refractivity contribution in [3.05, 3.63) is 34.8 Å². The zero-order valence-electron chi connectivity index (χ0n) is 11.7. The minimum atomic E-state index is -0.548. The van der Waals surface area contributed by atoms with E-state index in [1.54, 1.807) is 29.2 Å². The fourth-order valence-electron chi connectivity index (χ4n) is 3.21. The van der Waals surface area contributed by atoms with Gasteiger partial charge in [0.1, 0.15) is 6.54 Å². The highest BCUT2D eigenvalue weighted by Gasteiger charge is 2.45. The summed E-state index contributed by atoms with van der Waals surface area (Å²) in [5, 5.41) is 0. The fraction of sp³-hybridized carbons (Fsp3) is 0.400. The molecule has 0 N–H and O–H groups in total. The third-order valence-electron chi connectivity index (χ3n) is 4.40. The molecule has 0 saturated carbocycles. The van der Waals surface area contributed by atoms with E-state index in [0.717, 1.165) is 0 Å². The van der Waals surface area contributed by atoms with Gasteiger partial charge in [-0.3, -0.25) is 14.2 Å². The van der Waals surface area contributed by atoms with Crippen LogP contribution in [0.4, 0.5) is 0 Å². The molecule has 0 spiro atoms. The molecular formula is C15H14N2O5. The van der Waals surface area contributed by atoms with Gasteiger partial charge in [0.25, 0.3) is 0 Å². The molecule has 7 nitrogen and oxygen atoms in total. The van der Waals surface area contributed by atoms with Gasteiger partial charge in [0.15, 0.2) is 5.58 Å². The molecule has 3 heterocycles. The van der Waals surface area contributed by atoms with Crippen LogP contribution in [0.3, 0.4) is 0 Å². The van der Waals surface area contributed by atoms with Crippen molar-refractivity contribution in [2.45, 2.75) is 6.54 Å². The van der Waals surface area contributed by atoms with E-state index in [9.17, 15) is 14.4 Å². The average Bonchev–Trinajstić information content (AvgIpc) is 3.15. The van der Waals surface area contributed by atoms with Gasteiger partial charge in [-0.1, -0.05) is 12.1 Å². The van der Waals surface area contributed by atoms with Crippen LogP contribution in [-0.2, 0) is 20.9 Å². The lowest BCUT2D eigenvalue weighted by Gasteiger charge is -2.17. The van der Waals surface area contributed by atoms with Crippen LogP contribution in [0.25, 0.3) is 11.1 Å². The highest BCUT2D eigenvalue weighted by atomic mass is 16.5. The Bertz CT molecular complexity index is 821. The lowest BCUT2D eigenvalue weighted by Crippen LogP contribution is -2.35. The van der Waals surface area contributed by atoms with Crippen molar-refractivity contribution in [2.24, 2.45) is 11.8 Å². The summed E-state index contributed by atoms with van der Waals surface area (Å²) in [5.41, 5.74) is 1.06. The SMILES string of the molecule is O=C1OC[C@H]2CN(C(=O)Cn3c(=O)oc4ccccc43)C[C@@H]12. The number of para-hydroxylation sites is 2. The number of amides is 1. The quantitative estimate of drug-likeness (QED) is 0.742. The Morgan fingerprint density at radius 3 is 2.86 bits per heavy atom. The molecule has 2 fully saturated rings. The van der Waals surface area contributed by atoms with E-state index >= 15 is 0 Å². The summed E-state index contributed by atoms with van der Waals surface area (Å²) in [6.45, 7) is 1.17. The Morgan fingerprint density at radius 1 is 1.23 bits per heavy atom. The summed E-state index contributed by atoms with van der Waals surface area (Å²) in [4.78, 5) is 37.5. The minimum absolute atomic E-state index is 0.0780. The number of likely N-dealkylation sites (tertiary alicyclic amines) is 1. The number of carbonyl (C=O) groups excluding carboxylic acids is 2. The first-order chi connectivity index (χ1) is 10.6. The molecule has 0 unspecified atom stereocenters. The Labute approximate surface area is 125 Å². The summed E-state index contributed by atoms with van der Waals surface area (Å²) in [7, 11) is 0. The molecule has 4 rings (SSSR count). The Balaban J connectivity index is 1.56. The third kappa shape index (κ3) is 1.93. The predicted octanol–water partition coefficient (Wildman–Crippen LogP) is 0.226. The lowest BCUT2D eigenvalue weighted by atomic mass is 10.0. The molecule has 0 radical (unpaired) electrons. The van der Waals surface area contributed by atoms with Gasteiger partial charge in [-0.2, -0.15) is 0 Å². The van der Waals surface area contributed by atoms with Crippen LogP contribution in [0.1, 0.15) is 0 Å². The number of esters is 1. The molecule has 2 aliphatic rings. The molecule has 2 aromatic rings. The van der Waals surface area contributed by atoms with Crippen molar-refractivity contribution < 1.29 is 18.7 Å². The number of hydrogen-bond acceptors (Lipinski definition) is 5. The Kier molecular flexibility index (Phi) is 2.82.